The Hall–Kier alpha value is -2.04. The molecule has 0 radical (unpaired) electrons. The van der Waals surface area contributed by atoms with Gasteiger partial charge in [0.2, 0.25) is 5.82 Å². The largest absolute Gasteiger partial charge is 0.463 e. The minimum absolute atomic E-state index is 0.194. The first-order chi connectivity index (χ1) is 10.8. The van der Waals surface area contributed by atoms with Gasteiger partial charge in [0.25, 0.3) is 5.56 Å². The predicted octanol–water partition coefficient (Wildman–Crippen LogP) is -1.36. The highest BCUT2D eigenvalue weighted by atomic mass is 19.1. The maximum Gasteiger partial charge on any atom is 0.330 e. The molecule has 128 valence electrons. The molecular formula is C13H17FN2O7. The fraction of sp³-hybridized carbons (Fsp3) is 0.615. The van der Waals surface area contributed by atoms with Gasteiger partial charge in [0.15, 0.2) is 6.23 Å². The standard InChI is InChI=1S/C13H17FN2O7/c1-2-3-8(17)22-5-7-9(18)10(19)12(23-7)16-4-6(14)11(20)15-13(16)21/h4,7,9-10,12,18-19H,2-3,5H2,1H3,(H,15,20,21)/t7-,9-,10-,12-/m1/s1. The summed E-state index contributed by atoms with van der Waals surface area (Å²) in [4.78, 5) is 35.7. The molecule has 0 unspecified atom stereocenters. The topological polar surface area (TPSA) is 131 Å². The van der Waals surface area contributed by atoms with Crippen molar-refractivity contribution in [3.8, 4) is 0 Å². The van der Waals surface area contributed by atoms with Crippen molar-refractivity contribution in [2.24, 2.45) is 0 Å². The molecule has 1 aliphatic rings. The average Bonchev–Trinajstić information content (AvgIpc) is 2.77. The van der Waals surface area contributed by atoms with Crippen LogP contribution in [0.25, 0.3) is 0 Å². The number of carbonyl (C=O) groups excluding carboxylic acids is 1. The number of aromatic amines is 1. The summed E-state index contributed by atoms with van der Waals surface area (Å²) < 4.78 is 24.1. The van der Waals surface area contributed by atoms with Crippen LogP contribution in [0.15, 0.2) is 15.8 Å². The van der Waals surface area contributed by atoms with E-state index < -0.39 is 47.6 Å². The quantitative estimate of drug-likeness (QED) is 0.567. The third-order valence-electron chi connectivity index (χ3n) is 3.40. The Morgan fingerprint density at radius 1 is 1.43 bits per heavy atom. The molecular weight excluding hydrogens is 315 g/mol. The molecule has 4 atom stereocenters. The van der Waals surface area contributed by atoms with Gasteiger partial charge in [0.1, 0.15) is 24.9 Å². The van der Waals surface area contributed by atoms with Crippen LogP contribution in [0.4, 0.5) is 4.39 Å². The lowest BCUT2D eigenvalue weighted by Crippen LogP contribution is -2.38. The van der Waals surface area contributed by atoms with Crippen LogP contribution in [-0.2, 0) is 14.3 Å². The maximum absolute atomic E-state index is 13.3. The number of hydrogen-bond donors (Lipinski definition) is 3. The molecule has 0 amide bonds. The van der Waals surface area contributed by atoms with Gasteiger partial charge in [0, 0.05) is 6.42 Å². The van der Waals surface area contributed by atoms with Gasteiger partial charge in [-0.3, -0.25) is 19.1 Å². The second-order valence-electron chi connectivity index (χ2n) is 5.12. The Morgan fingerprint density at radius 3 is 2.78 bits per heavy atom. The van der Waals surface area contributed by atoms with E-state index in [0.717, 1.165) is 0 Å². The minimum Gasteiger partial charge on any atom is -0.463 e. The van der Waals surface area contributed by atoms with Gasteiger partial charge in [-0.05, 0) is 6.42 Å². The van der Waals surface area contributed by atoms with Crippen molar-refractivity contribution in [2.45, 2.75) is 44.3 Å². The SMILES string of the molecule is CCCC(=O)OC[C@H]1O[C@@H](n2cc(F)c(=O)[nH]c2=O)[C@H](O)[C@@H]1O. The van der Waals surface area contributed by atoms with Crippen molar-refractivity contribution in [3.63, 3.8) is 0 Å². The number of hydrogen-bond acceptors (Lipinski definition) is 7. The normalized spacial score (nSPS) is 27.1. The van der Waals surface area contributed by atoms with E-state index in [1.54, 1.807) is 11.9 Å². The van der Waals surface area contributed by atoms with Crippen molar-refractivity contribution in [1.29, 1.82) is 0 Å². The Labute approximate surface area is 129 Å². The van der Waals surface area contributed by atoms with Crippen LogP contribution >= 0.6 is 0 Å². The van der Waals surface area contributed by atoms with Gasteiger partial charge in [-0.15, -0.1) is 0 Å². The number of aliphatic hydroxyl groups is 2. The molecule has 2 heterocycles. The van der Waals surface area contributed by atoms with E-state index in [1.165, 1.54) is 0 Å². The molecule has 1 fully saturated rings. The van der Waals surface area contributed by atoms with Crippen molar-refractivity contribution < 1.29 is 28.9 Å². The predicted molar refractivity (Wildman–Crippen MR) is 73.1 cm³/mol. The molecule has 0 spiro atoms. The number of aromatic nitrogens is 2. The van der Waals surface area contributed by atoms with E-state index in [1.807, 2.05) is 0 Å². The van der Waals surface area contributed by atoms with Crippen LogP contribution in [0.5, 0.6) is 0 Å². The number of nitrogens with zero attached hydrogens (tertiary/aromatic N) is 1. The summed E-state index contributed by atoms with van der Waals surface area (Å²) >= 11 is 0. The molecule has 0 bridgehead atoms. The van der Waals surface area contributed by atoms with Gasteiger partial charge in [-0.25, -0.2) is 4.79 Å². The summed E-state index contributed by atoms with van der Waals surface area (Å²) in [6.45, 7) is 1.47. The summed E-state index contributed by atoms with van der Waals surface area (Å²) in [5, 5.41) is 19.8. The highest BCUT2D eigenvalue weighted by molar-refractivity contribution is 5.69. The zero-order valence-electron chi connectivity index (χ0n) is 12.3. The van der Waals surface area contributed by atoms with Crippen molar-refractivity contribution in [3.05, 3.63) is 32.9 Å². The number of aliphatic hydroxyl groups excluding tert-OH is 2. The van der Waals surface area contributed by atoms with E-state index in [-0.39, 0.29) is 13.0 Å². The lowest BCUT2D eigenvalue weighted by atomic mass is 10.1. The Bertz CT molecular complexity index is 686. The molecule has 3 N–H and O–H groups in total. The Balaban J connectivity index is 2.14. The van der Waals surface area contributed by atoms with Crippen LogP contribution in [-0.4, -0.2) is 50.7 Å². The first-order valence-corrected chi connectivity index (χ1v) is 7.03. The number of esters is 1. The highest BCUT2D eigenvalue weighted by Crippen LogP contribution is 2.28. The lowest BCUT2D eigenvalue weighted by molar-refractivity contribution is -0.150. The van der Waals surface area contributed by atoms with Gasteiger partial charge in [-0.1, -0.05) is 6.92 Å². The van der Waals surface area contributed by atoms with E-state index >= 15 is 0 Å². The number of halogens is 1. The summed E-state index contributed by atoms with van der Waals surface area (Å²) in [5.74, 6) is -1.73. The third-order valence-corrected chi connectivity index (χ3v) is 3.40. The van der Waals surface area contributed by atoms with Crippen molar-refractivity contribution >= 4 is 5.97 Å². The van der Waals surface area contributed by atoms with Crippen molar-refractivity contribution in [1.82, 2.24) is 9.55 Å². The second-order valence-corrected chi connectivity index (χ2v) is 5.12. The number of H-pyrrole nitrogens is 1. The first-order valence-electron chi connectivity index (χ1n) is 7.03. The fourth-order valence-corrected chi connectivity index (χ4v) is 2.20. The smallest absolute Gasteiger partial charge is 0.330 e. The molecule has 0 aromatic carbocycles. The van der Waals surface area contributed by atoms with Gasteiger partial charge < -0.3 is 19.7 Å². The highest BCUT2D eigenvalue weighted by Gasteiger charge is 2.44. The first kappa shape index (κ1) is 17.3. The molecule has 2 rings (SSSR count). The zero-order chi connectivity index (χ0) is 17.1. The summed E-state index contributed by atoms with van der Waals surface area (Å²) in [7, 11) is 0. The van der Waals surface area contributed by atoms with Crippen molar-refractivity contribution in [2.75, 3.05) is 6.61 Å². The number of carbonyl (C=O) groups is 1. The number of nitrogens with one attached hydrogen (secondary N) is 1. The third kappa shape index (κ3) is 3.66. The summed E-state index contributed by atoms with van der Waals surface area (Å²) in [6, 6.07) is 0. The average molecular weight is 332 g/mol. The van der Waals surface area contributed by atoms with E-state index in [9.17, 15) is 29.0 Å². The monoisotopic (exact) mass is 332 g/mol. The van der Waals surface area contributed by atoms with Gasteiger partial charge in [0.05, 0.1) is 6.20 Å². The molecule has 23 heavy (non-hydrogen) atoms. The number of rotatable bonds is 5. The molecule has 1 saturated heterocycles. The van der Waals surface area contributed by atoms with Crippen LogP contribution < -0.4 is 11.2 Å². The fourth-order valence-electron chi connectivity index (χ4n) is 2.20. The van der Waals surface area contributed by atoms with E-state index in [2.05, 4.69) is 0 Å². The molecule has 0 aliphatic carbocycles. The zero-order valence-corrected chi connectivity index (χ0v) is 12.3. The summed E-state index contributed by atoms with van der Waals surface area (Å²) in [5.41, 5.74) is -2.21. The van der Waals surface area contributed by atoms with Crippen LogP contribution in [0.2, 0.25) is 0 Å². The Kier molecular flexibility index (Phi) is 5.29. The van der Waals surface area contributed by atoms with Crippen LogP contribution in [0.3, 0.4) is 0 Å². The van der Waals surface area contributed by atoms with Crippen LogP contribution in [0.1, 0.15) is 26.0 Å². The molecule has 10 heteroatoms. The summed E-state index contributed by atoms with van der Waals surface area (Å²) in [6.07, 6.45) is -4.16. The van der Waals surface area contributed by atoms with Gasteiger partial charge >= 0.3 is 11.7 Å². The van der Waals surface area contributed by atoms with E-state index in [0.29, 0.717) is 17.2 Å². The number of ether oxygens (including phenoxy) is 2. The molecule has 1 aromatic rings. The van der Waals surface area contributed by atoms with E-state index in [4.69, 9.17) is 9.47 Å². The second kappa shape index (κ2) is 7.02. The van der Waals surface area contributed by atoms with Gasteiger partial charge in [-0.2, -0.15) is 4.39 Å². The minimum atomic E-state index is -1.56. The van der Waals surface area contributed by atoms with Crippen LogP contribution in [0, 0.1) is 5.82 Å². The molecule has 9 nitrogen and oxygen atoms in total. The maximum atomic E-state index is 13.3. The molecule has 0 saturated carbocycles. The lowest BCUT2D eigenvalue weighted by Gasteiger charge is -2.16. The molecule has 1 aromatic heterocycles. The molecule has 1 aliphatic heterocycles. The Morgan fingerprint density at radius 2 is 2.13 bits per heavy atom.